The molecular weight excluding hydrogens is 502 g/mol. The van der Waals surface area contributed by atoms with Gasteiger partial charge in [-0.1, -0.05) is 38.1 Å². The molecule has 3 aromatic rings. The van der Waals surface area contributed by atoms with Crippen molar-refractivity contribution in [3.05, 3.63) is 54.7 Å². The molecule has 2 aliphatic heterocycles. The third-order valence-electron chi connectivity index (χ3n) is 7.62. The highest BCUT2D eigenvalue weighted by atomic mass is 32.2. The molecule has 0 atom stereocenters. The summed E-state index contributed by atoms with van der Waals surface area (Å²) in [5.74, 6) is 0.761. The number of benzene rings is 2. The Morgan fingerprint density at radius 2 is 1.68 bits per heavy atom. The van der Waals surface area contributed by atoms with Crippen LogP contribution >= 0.6 is 0 Å². The van der Waals surface area contributed by atoms with Crippen LogP contribution in [-0.2, 0) is 19.6 Å². The van der Waals surface area contributed by atoms with Crippen LogP contribution in [0, 0.1) is 0 Å². The number of ether oxygens (including phenoxy) is 2. The Balaban J connectivity index is 0.00000144. The molecule has 1 saturated carbocycles. The number of methoxy groups -OCH3 is 1. The maximum Gasteiger partial charge on any atom is 0.248 e. The van der Waals surface area contributed by atoms with E-state index in [1.807, 2.05) is 55.1 Å². The molecule has 8 nitrogen and oxygen atoms in total. The molecule has 1 aromatic heterocycles. The number of carbonyl (C=O) groups is 1. The molecular formula is C29H35N3O5S. The Labute approximate surface area is 224 Å². The topological polar surface area (TPSA) is 89.0 Å². The van der Waals surface area contributed by atoms with E-state index in [1.54, 1.807) is 29.7 Å². The number of sulfonamides is 1. The van der Waals surface area contributed by atoms with Gasteiger partial charge in [0.05, 0.1) is 35.9 Å². The molecule has 2 saturated heterocycles. The Morgan fingerprint density at radius 1 is 1.00 bits per heavy atom. The van der Waals surface area contributed by atoms with Crippen molar-refractivity contribution in [2.45, 2.75) is 56.1 Å². The average molecular weight is 538 g/mol. The Bertz CT molecular complexity index is 1410. The molecule has 3 aliphatic rings. The number of hydrogen-bond donors (Lipinski definition) is 0. The summed E-state index contributed by atoms with van der Waals surface area (Å²) >= 11 is 0. The normalized spacial score (nSPS) is 19.8. The van der Waals surface area contributed by atoms with Crippen molar-refractivity contribution >= 4 is 26.8 Å². The van der Waals surface area contributed by atoms with Crippen molar-refractivity contribution < 1.29 is 22.7 Å². The summed E-state index contributed by atoms with van der Waals surface area (Å²) in [5.41, 5.74) is 2.31. The van der Waals surface area contributed by atoms with E-state index in [0.29, 0.717) is 44.3 Å². The number of carbonyl (C=O) groups excluding carboxylic acids is 1. The minimum Gasteiger partial charge on any atom is -0.495 e. The summed E-state index contributed by atoms with van der Waals surface area (Å²) < 4.78 is 39.5. The van der Waals surface area contributed by atoms with E-state index in [9.17, 15) is 13.2 Å². The lowest BCUT2D eigenvalue weighted by Crippen LogP contribution is -2.59. The van der Waals surface area contributed by atoms with Crippen LogP contribution < -0.4 is 4.74 Å². The van der Waals surface area contributed by atoms with Gasteiger partial charge in [0, 0.05) is 24.5 Å². The van der Waals surface area contributed by atoms with Crippen LogP contribution in [0.2, 0.25) is 0 Å². The fraction of sp³-hybridized carbons (Fsp3) is 0.448. The van der Waals surface area contributed by atoms with Crippen LogP contribution in [0.15, 0.2) is 59.6 Å². The molecule has 1 amide bonds. The maximum absolute atomic E-state index is 13.4. The average Bonchev–Trinajstić information content (AvgIpc) is 3.81. The predicted octanol–water partition coefficient (Wildman–Crippen LogP) is 4.48. The number of rotatable bonds is 5. The standard InChI is InChI=1S/C27H29N3O5S.C2H6/c1-34-23-14-21-3-2-20(15-25(21)28-16-23)19-4-8-24(9-5-19)36(32,33)29-12-10-27(11-13-29)18-30(22-6-7-22)26(31)17-35-27;1-2/h2-5,8-9,14-16,22H,6-7,10-13,17-18H2,1H3;1-2H3. The van der Waals surface area contributed by atoms with E-state index in [1.165, 1.54) is 0 Å². The summed E-state index contributed by atoms with van der Waals surface area (Å²) in [7, 11) is -2.00. The van der Waals surface area contributed by atoms with Gasteiger partial charge in [0.15, 0.2) is 0 Å². The fourth-order valence-corrected chi connectivity index (χ4v) is 6.70. The second kappa shape index (κ2) is 10.6. The van der Waals surface area contributed by atoms with Crippen LogP contribution in [0.3, 0.4) is 0 Å². The minimum atomic E-state index is -3.62. The highest BCUT2D eigenvalue weighted by Crippen LogP contribution is 2.37. The molecule has 6 rings (SSSR count). The molecule has 0 radical (unpaired) electrons. The van der Waals surface area contributed by atoms with Gasteiger partial charge in [0.25, 0.3) is 0 Å². The van der Waals surface area contributed by atoms with Crippen molar-refractivity contribution in [1.29, 1.82) is 0 Å². The number of fused-ring (bicyclic) bond motifs is 1. The van der Waals surface area contributed by atoms with E-state index in [0.717, 1.165) is 34.9 Å². The number of aromatic nitrogens is 1. The Morgan fingerprint density at radius 3 is 2.34 bits per heavy atom. The van der Waals surface area contributed by atoms with Gasteiger partial charge in [-0.3, -0.25) is 9.78 Å². The van der Waals surface area contributed by atoms with E-state index in [4.69, 9.17) is 9.47 Å². The predicted molar refractivity (Wildman–Crippen MR) is 146 cm³/mol. The van der Waals surface area contributed by atoms with Crippen molar-refractivity contribution in [2.75, 3.05) is 33.4 Å². The number of hydrogen-bond acceptors (Lipinski definition) is 6. The van der Waals surface area contributed by atoms with E-state index in [-0.39, 0.29) is 17.4 Å². The molecule has 0 bridgehead atoms. The van der Waals surface area contributed by atoms with Gasteiger partial charge < -0.3 is 14.4 Å². The van der Waals surface area contributed by atoms with Gasteiger partial charge in [0.2, 0.25) is 15.9 Å². The SMILES string of the molecule is CC.COc1cnc2cc(-c3ccc(S(=O)(=O)N4CCC5(CC4)CN(C4CC4)C(=O)CO5)cc3)ccc2c1. The minimum absolute atomic E-state index is 0.0557. The molecule has 38 heavy (non-hydrogen) atoms. The fourth-order valence-electron chi connectivity index (χ4n) is 5.26. The first-order chi connectivity index (χ1) is 18.4. The first-order valence-corrected chi connectivity index (χ1v) is 14.8. The van der Waals surface area contributed by atoms with Crippen LogP contribution in [0.4, 0.5) is 0 Å². The maximum atomic E-state index is 13.4. The first kappa shape index (κ1) is 26.6. The number of piperidine rings is 1. The monoisotopic (exact) mass is 537 g/mol. The second-order valence-electron chi connectivity index (χ2n) is 9.94. The van der Waals surface area contributed by atoms with Gasteiger partial charge in [-0.2, -0.15) is 4.31 Å². The largest absolute Gasteiger partial charge is 0.495 e. The quantitative estimate of drug-likeness (QED) is 0.477. The molecule has 2 aromatic carbocycles. The van der Waals surface area contributed by atoms with E-state index >= 15 is 0 Å². The molecule has 9 heteroatoms. The molecule has 0 N–H and O–H groups in total. The first-order valence-electron chi connectivity index (χ1n) is 13.3. The molecule has 1 spiro atoms. The van der Waals surface area contributed by atoms with E-state index in [2.05, 4.69) is 4.98 Å². The zero-order valence-electron chi connectivity index (χ0n) is 22.2. The summed E-state index contributed by atoms with van der Waals surface area (Å²) in [5, 5.41) is 0.978. The van der Waals surface area contributed by atoms with E-state index < -0.39 is 15.6 Å². The van der Waals surface area contributed by atoms with Crippen LogP contribution in [-0.4, -0.2) is 73.5 Å². The van der Waals surface area contributed by atoms with Crippen molar-refractivity contribution in [2.24, 2.45) is 0 Å². The Kier molecular flexibility index (Phi) is 7.44. The lowest BCUT2D eigenvalue weighted by Gasteiger charge is -2.46. The second-order valence-corrected chi connectivity index (χ2v) is 11.9. The van der Waals surface area contributed by atoms with Crippen molar-refractivity contribution in [1.82, 2.24) is 14.2 Å². The van der Waals surface area contributed by atoms with Crippen molar-refractivity contribution in [3.8, 4) is 16.9 Å². The zero-order valence-corrected chi connectivity index (χ0v) is 23.0. The number of morpholine rings is 1. The van der Waals surface area contributed by atoms with Gasteiger partial charge in [-0.05, 0) is 61.1 Å². The lowest BCUT2D eigenvalue weighted by atomic mass is 9.90. The van der Waals surface area contributed by atoms with Gasteiger partial charge in [-0.25, -0.2) is 8.42 Å². The van der Waals surface area contributed by atoms with Gasteiger partial charge in [-0.15, -0.1) is 0 Å². The highest BCUT2D eigenvalue weighted by Gasteiger charge is 2.47. The van der Waals surface area contributed by atoms with Crippen LogP contribution in [0.1, 0.15) is 39.5 Å². The smallest absolute Gasteiger partial charge is 0.248 e. The summed E-state index contributed by atoms with van der Waals surface area (Å²) in [6.45, 7) is 5.45. The molecule has 3 heterocycles. The molecule has 1 aliphatic carbocycles. The zero-order chi connectivity index (χ0) is 26.9. The highest BCUT2D eigenvalue weighted by molar-refractivity contribution is 7.89. The third kappa shape index (κ3) is 5.15. The van der Waals surface area contributed by atoms with Crippen molar-refractivity contribution in [3.63, 3.8) is 0 Å². The molecule has 202 valence electrons. The summed E-state index contributed by atoms with van der Waals surface area (Å²) in [6.07, 6.45) is 4.99. The van der Waals surface area contributed by atoms with Crippen LogP contribution in [0.25, 0.3) is 22.0 Å². The number of pyridine rings is 1. The lowest BCUT2D eigenvalue weighted by molar-refractivity contribution is -0.170. The van der Waals surface area contributed by atoms with Gasteiger partial charge in [0.1, 0.15) is 12.4 Å². The number of nitrogens with zero attached hydrogens (tertiary/aromatic N) is 3. The summed E-state index contributed by atoms with van der Waals surface area (Å²) in [6, 6.07) is 15.3. The Hall–Kier alpha value is -3.01. The number of amides is 1. The summed E-state index contributed by atoms with van der Waals surface area (Å²) in [4.78, 5) is 18.9. The third-order valence-corrected chi connectivity index (χ3v) is 9.54. The van der Waals surface area contributed by atoms with Gasteiger partial charge >= 0.3 is 0 Å². The molecule has 3 fully saturated rings. The van der Waals surface area contributed by atoms with Crippen LogP contribution in [0.5, 0.6) is 5.75 Å². The molecule has 0 unspecified atom stereocenters.